The van der Waals surface area contributed by atoms with Crippen molar-refractivity contribution < 1.29 is 13.2 Å². The number of alkyl halides is 3. The molecule has 1 aromatic carbocycles. The van der Waals surface area contributed by atoms with E-state index in [0.717, 1.165) is 16.8 Å². The van der Waals surface area contributed by atoms with Gasteiger partial charge in [0.1, 0.15) is 5.01 Å². The molecule has 0 spiro atoms. The first-order valence-corrected chi connectivity index (χ1v) is 7.32. The van der Waals surface area contributed by atoms with Crippen LogP contribution in [-0.2, 0) is 6.54 Å². The molecule has 0 aliphatic heterocycles. The van der Waals surface area contributed by atoms with E-state index >= 15 is 0 Å². The fourth-order valence-corrected chi connectivity index (χ4v) is 2.75. The molecule has 2 nitrogen and oxygen atoms in total. The lowest BCUT2D eigenvalue weighted by atomic mass is 10.3. The number of hydrogen-bond acceptors (Lipinski definition) is 4. The number of nitrogens with one attached hydrogen (secondary N) is 1. The van der Waals surface area contributed by atoms with Crippen LogP contribution in [0.5, 0.6) is 0 Å². The molecule has 19 heavy (non-hydrogen) atoms. The summed E-state index contributed by atoms with van der Waals surface area (Å²) < 4.78 is 36.7. The molecule has 0 saturated carbocycles. The number of thiazole rings is 1. The Morgan fingerprint density at radius 3 is 2.74 bits per heavy atom. The molecular weight excluding hydrogens is 293 g/mol. The van der Waals surface area contributed by atoms with E-state index in [1.807, 2.05) is 5.38 Å². The summed E-state index contributed by atoms with van der Waals surface area (Å²) in [7, 11) is 0. The monoisotopic (exact) mass is 304 g/mol. The van der Waals surface area contributed by atoms with E-state index < -0.39 is 11.9 Å². The average Bonchev–Trinajstić information content (AvgIpc) is 2.87. The zero-order valence-electron chi connectivity index (χ0n) is 9.78. The maximum atomic E-state index is 12.2. The normalized spacial score (nSPS) is 11.5. The molecule has 2 rings (SSSR count). The van der Waals surface area contributed by atoms with Crippen molar-refractivity contribution in [1.82, 2.24) is 4.98 Å². The Labute approximate surface area is 117 Å². The zero-order valence-corrected chi connectivity index (χ0v) is 11.4. The molecule has 0 bridgehead atoms. The Morgan fingerprint density at radius 1 is 1.26 bits per heavy atom. The molecule has 0 atom stereocenters. The molecule has 2 aromatic rings. The van der Waals surface area contributed by atoms with E-state index in [1.165, 1.54) is 11.3 Å². The van der Waals surface area contributed by atoms with Gasteiger partial charge in [0.2, 0.25) is 0 Å². The molecule has 102 valence electrons. The zero-order chi connectivity index (χ0) is 13.7. The third-order valence-electron chi connectivity index (χ3n) is 2.19. The molecule has 7 heteroatoms. The fourth-order valence-electron chi connectivity index (χ4n) is 1.41. The van der Waals surface area contributed by atoms with E-state index in [4.69, 9.17) is 0 Å². The van der Waals surface area contributed by atoms with Crippen molar-refractivity contribution in [1.29, 1.82) is 0 Å². The maximum absolute atomic E-state index is 12.2. The van der Waals surface area contributed by atoms with Crippen molar-refractivity contribution in [2.75, 3.05) is 11.1 Å². The van der Waals surface area contributed by atoms with E-state index in [2.05, 4.69) is 10.3 Å². The summed E-state index contributed by atoms with van der Waals surface area (Å²) in [5.41, 5.74) is 0.701. The number of nitrogens with zero attached hydrogens (tertiary/aromatic N) is 1. The summed E-state index contributed by atoms with van der Waals surface area (Å²) in [5.74, 6) is -0.886. The molecule has 0 aliphatic carbocycles. The first kappa shape index (κ1) is 14.2. The number of thioether (sulfide) groups is 1. The summed E-state index contributed by atoms with van der Waals surface area (Å²) in [6, 6.07) is 6.97. The first-order chi connectivity index (χ1) is 9.04. The van der Waals surface area contributed by atoms with Gasteiger partial charge in [0.15, 0.2) is 0 Å². The fraction of sp³-hybridized carbons (Fsp3) is 0.250. The number of benzene rings is 1. The second-order valence-electron chi connectivity index (χ2n) is 3.68. The van der Waals surface area contributed by atoms with Crippen molar-refractivity contribution in [3.05, 3.63) is 40.8 Å². The third-order valence-corrected chi connectivity index (χ3v) is 4.11. The first-order valence-electron chi connectivity index (χ1n) is 5.45. The van der Waals surface area contributed by atoms with E-state index in [0.29, 0.717) is 17.1 Å². The minimum atomic E-state index is -4.16. The number of halogens is 3. The second-order valence-corrected chi connectivity index (χ2v) is 5.68. The highest BCUT2D eigenvalue weighted by atomic mass is 32.2. The molecule has 0 amide bonds. The molecule has 1 aromatic heterocycles. The van der Waals surface area contributed by atoms with Crippen LogP contribution in [0.25, 0.3) is 0 Å². The van der Waals surface area contributed by atoms with E-state index in [-0.39, 0.29) is 0 Å². The van der Waals surface area contributed by atoms with Gasteiger partial charge in [-0.2, -0.15) is 13.2 Å². The average molecular weight is 304 g/mol. The van der Waals surface area contributed by atoms with Gasteiger partial charge >= 0.3 is 6.18 Å². The predicted molar refractivity (Wildman–Crippen MR) is 72.7 cm³/mol. The molecule has 1 heterocycles. The van der Waals surface area contributed by atoms with Gasteiger partial charge in [-0.15, -0.1) is 23.1 Å². The summed E-state index contributed by atoms with van der Waals surface area (Å²) in [4.78, 5) is 4.71. The smallest absolute Gasteiger partial charge is 0.378 e. The lowest BCUT2D eigenvalue weighted by Gasteiger charge is -2.11. The summed E-state index contributed by atoms with van der Waals surface area (Å²) in [5, 5.41) is 5.87. The second kappa shape index (κ2) is 6.29. The summed E-state index contributed by atoms with van der Waals surface area (Å²) in [6.07, 6.45) is -2.46. The van der Waals surface area contributed by atoms with Gasteiger partial charge < -0.3 is 5.32 Å². The van der Waals surface area contributed by atoms with Gasteiger partial charge in [0.25, 0.3) is 0 Å². The molecule has 0 saturated heterocycles. The largest absolute Gasteiger partial charge is 0.398 e. The number of aromatic nitrogens is 1. The Morgan fingerprint density at radius 2 is 2.05 bits per heavy atom. The molecule has 0 unspecified atom stereocenters. The van der Waals surface area contributed by atoms with Crippen LogP contribution in [0, 0.1) is 0 Å². The van der Waals surface area contributed by atoms with Crippen molar-refractivity contribution >= 4 is 28.8 Å². The minimum Gasteiger partial charge on any atom is -0.378 e. The van der Waals surface area contributed by atoms with Crippen molar-refractivity contribution in [3.8, 4) is 0 Å². The van der Waals surface area contributed by atoms with Crippen LogP contribution in [0.2, 0.25) is 0 Å². The Kier molecular flexibility index (Phi) is 4.71. The standard InChI is InChI=1S/C12H11F3N2S2/c13-12(14,15)8-19-10-4-2-1-3-9(10)17-7-11-16-5-6-18-11/h1-6,17H,7-8H2. The van der Waals surface area contributed by atoms with Crippen LogP contribution in [0.3, 0.4) is 0 Å². The highest BCUT2D eigenvalue weighted by molar-refractivity contribution is 7.99. The molecule has 0 fully saturated rings. The van der Waals surface area contributed by atoms with Gasteiger partial charge in [0.05, 0.1) is 12.3 Å². The topological polar surface area (TPSA) is 24.9 Å². The number of hydrogen-bond donors (Lipinski definition) is 1. The van der Waals surface area contributed by atoms with Gasteiger partial charge in [-0.05, 0) is 12.1 Å². The predicted octanol–water partition coefficient (Wildman–Crippen LogP) is 4.41. The maximum Gasteiger partial charge on any atom is 0.398 e. The lowest BCUT2D eigenvalue weighted by Crippen LogP contribution is -2.11. The van der Waals surface area contributed by atoms with E-state index in [1.54, 1.807) is 30.5 Å². The van der Waals surface area contributed by atoms with Crippen molar-refractivity contribution in [2.24, 2.45) is 0 Å². The quantitative estimate of drug-likeness (QED) is 0.828. The van der Waals surface area contributed by atoms with Gasteiger partial charge in [-0.25, -0.2) is 4.98 Å². The van der Waals surface area contributed by atoms with Crippen LogP contribution in [-0.4, -0.2) is 16.9 Å². The molecule has 1 N–H and O–H groups in total. The Balaban J connectivity index is 1.99. The third kappa shape index (κ3) is 4.76. The van der Waals surface area contributed by atoms with Crippen LogP contribution in [0.15, 0.2) is 40.7 Å². The van der Waals surface area contributed by atoms with Gasteiger partial charge in [-0.1, -0.05) is 12.1 Å². The van der Waals surface area contributed by atoms with Crippen LogP contribution in [0.4, 0.5) is 18.9 Å². The van der Waals surface area contributed by atoms with Gasteiger partial charge in [-0.3, -0.25) is 0 Å². The highest BCUT2D eigenvalue weighted by Gasteiger charge is 2.27. The lowest BCUT2D eigenvalue weighted by molar-refractivity contribution is -0.105. The summed E-state index contributed by atoms with van der Waals surface area (Å²) >= 11 is 2.29. The molecular formula is C12H11F3N2S2. The number of rotatable bonds is 5. The minimum absolute atomic E-state index is 0.515. The van der Waals surface area contributed by atoms with Crippen LogP contribution in [0.1, 0.15) is 5.01 Å². The molecule has 0 radical (unpaired) electrons. The van der Waals surface area contributed by atoms with Crippen molar-refractivity contribution in [2.45, 2.75) is 17.6 Å². The highest BCUT2D eigenvalue weighted by Crippen LogP contribution is 2.32. The van der Waals surface area contributed by atoms with Crippen LogP contribution < -0.4 is 5.32 Å². The van der Waals surface area contributed by atoms with Gasteiger partial charge in [0, 0.05) is 22.2 Å². The Hall–Kier alpha value is -1.21. The van der Waals surface area contributed by atoms with Crippen molar-refractivity contribution in [3.63, 3.8) is 0 Å². The summed E-state index contributed by atoms with van der Waals surface area (Å²) in [6.45, 7) is 0.515. The SMILES string of the molecule is FC(F)(F)CSc1ccccc1NCc1nccs1. The Bertz CT molecular complexity index is 512. The van der Waals surface area contributed by atoms with Crippen LogP contribution >= 0.6 is 23.1 Å². The molecule has 0 aliphatic rings. The number of para-hydroxylation sites is 1. The number of anilines is 1. The van der Waals surface area contributed by atoms with E-state index in [9.17, 15) is 13.2 Å².